The summed E-state index contributed by atoms with van der Waals surface area (Å²) >= 11 is 4.91. The molecule has 104 valence electrons. The van der Waals surface area contributed by atoms with Crippen molar-refractivity contribution in [1.29, 1.82) is 0 Å². The molecule has 2 rings (SSSR count). The van der Waals surface area contributed by atoms with Gasteiger partial charge in [-0.3, -0.25) is 4.79 Å². The van der Waals surface area contributed by atoms with E-state index in [1.165, 1.54) is 0 Å². The average molecular weight is 352 g/mol. The molecule has 0 aliphatic rings. The van der Waals surface area contributed by atoms with Crippen LogP contribution < -0.4 is 10.7 Å². The van der Waals surface area contributed by atoms with E-state index in [1.54, 1.807) is 17.6 Å². The molecule has 2 N–H and O–H groups in total. The Morgan fingerprint density at radius 3 is 2.95 bits per heavy atom. The molecule has 0 saturated heterocycles. The Balaban J connectivity index is 1.78. The number of hydrazone groups is 1. The first kappa shape index (κ1) is 14.7. The minimum Gasteiger partial charge on any atom is -0.376 e. The maximum absolute atomic E-state index is 11.6. The molecule has 0 atom stereocenters. The zero-order chi connectivity index (χ0) is 14.4. The minimum absolute atomic E-state index is 0.180. The molecular formula is C14H14BrN3OS. The van der Waals surface area contributed by atoms with E-state index in [0.717, 1.165) is 20.6 Å². The van der Waals surface area contributed by atoms with Crippen LogP contribution in [-0.2, 0) is 4.79 Å². The van der Waals surface area contributed by atoms with Crippen LogP contribution in [0.2, 0.25) is 0 Å². The first-order valence-corrected chi connectivity index (χ1v) is 7.68. The van der Waals surface area contributed by atoms with Gasteiger partial charge in [0.25, 0.3) is 5.91 Å². The van der Waals surface area contributed by atoms with Gasteiger partial charge in [-0.25, -0.2) is 5.43 Å². The lowest BCUT2D eigenvalue weighted by molar-refractivity contribution is -0.119. The first-order chi connectivity index (χ1) is 9.65. The summed E-state index contributed by atoms with van der Waals surface area (Å²) in [6.45, 7) is 2.18. The molecule has 0 bridgehead atoms. The van der Waals surface area contributed by atoms with Crippen LogP contribution in [0.5, 0.6) is 0 Å². The highest BCUT2D eigenvalue weighted by atomic mass is 79.9. The molecule has 0 spiro atoms. The van der Waals surface area contributed by atoms with Crippen LogP contribution in [0.25, 0.3) is 0 Å². The van der Waals surface area contributed by atoms with Crippen LogP contribution >= 0.6 is 27.3 Å². The number of rotatable bonds is 5. The second-order valence-electron chi connectivity index (χ2n) is 4.13. The zero-order valence-corrected chi connectivity index (χ0v) is 13.3. The molecule has 0 fully saturated rings. The quantitative estimate of drug-likeness (QED) is 0.640. The third-order valence-corrected chi connectivity index (χ3v) is 4.18. The Hall–Kier alpha value is -1.66. The smallest absolute Gasteiger partial charge is 0.259 e. The van der Waals surface area contributed by atoms with Crippen molar-refractivity contribution in [3.05, 3.63) is 50.6 Å². The summed E-state index contributed by atoms with van der Waals surface area (Å²) < 4.78 is 1.01. The van der Waals surface area contributed by atoms with Gasteiger partial charge in [0.15, 0.2) is 0 Å². The Labute approximate surface area is 130 Å². The third-order valence-electron chi connectivity index (χ3n) is 2.55. The van der Waals surface area contributed by atoms with Crippen LogP contribution in [0.15, 0.2) is 45.3 Å². The second kappa shape index (κ2) is 7.21. The number of hydrogen-bond donors (Lipinski definition) is 2. The monoisotopic (exact) mass is 351 g/mol. The normalized spacial score (nSPS) is 10.7. The van der Waals surface area contributed by atoms with Crippen LogP contribution in [-0.4, -0.2) is 18.7 Å². The van der Waals surface area contributed by atoms with Crippen molar-refractivity contribution in [2.45, 2.75) is 6.92 Å². The molecule has 0 unspecified atom stereocenters. The molecular weight excluding hydrogens is 338 g/mol. The number of carbonyl (C=O) groups is 1. The highest BCUT2D eigenvalue weighted by Crippen LogP contribution is 2.17. The lowest BCUT2D eigenvalue weighted by Crippen LogP contribution is -2.26. The van der Waals surface area contributed by atoms with Gasteiger partial charge in [-0.1, -0.05) is 18.2 Å². The van der Waals surface area contributed by atoms with E-state index in [9.17, 15) is 4.79 Å². The second-order valence-corrected chi connectivity index (χ2v) is 5.99. The molecule has 4 nitrogen and oxygen atoms in total. The van der Waals surface area contributed by atoms with Gasteiger partial charge in [0.2, 0.25) is 0 Å². The fourth-order valence-corrected chi connectivity index (χ4v) is 2.85. The molecule has 0 aliphatic heterocycles. The summed E-state index contributed by atoms with van der Waals surface area (Å²) in [6.07, 6.45) is 1.63. The van der Waals surface area contributed by atoms with Gasteiger partial charge < -0.3 is 5.32 Å². The van der Waals surface area contributed by atoms with Gasteiger partial charge in [-0.05, 0) is 40.5 Å². The van der Waals surface area contributed by atoms with E-state index >= 15 is 0 Å². The number of nitrogens with one attached hydrogen (secondary N) is 2. The largest absolute Gasteiger partial charge is 0.376 e. The third kappa shape index (κ3) is 4.47. The van der Waals surface area contributed by atoms with Crippen LogP contribution in [0, 0.1) is 6.92 Å². The van der Waals surface area contributed by atoms with Gasteiger partial charge in [0, 0.05) is 20.4 Å². The lowest BCUT2D eigenvalue weighted by Gasteiger charge is -2.07. The Bertz CT molecular complexity index is 624. The lowest BCUT2D eigenvalue weighted by atomic mass is 10.2. The number of para-hydroxylation sites is 1. The number of carbonyl (C=O) groups excluding carboxylic acids is 1. The van der Waals surface area contributed by atoms with E-state index in [0.29, 0.717) is 0 Å². The first-order valence-electron chi connectivity index (χ1n) is 6.00. The van der Waals surface area contributed by atoms with Crippen molar-refractivity contribution in [2.75, 3.05) is 11.9 Å². The average Bonchev–Trinajstić information content (AvgIpc) is 2.83. The number of benzene rings is 1. The zero-order valence-electron chi connectivity index (χ0n) is 10.9. The van der Waals surface area contributed by atoms with Crippen LogP contribution in [0.3, 0.4) is 0 Å². The highest BCUT2D eigenvalue weighted by molar-refractivity contribution is 9.10. The van der Waals surface area contributed by atoms with Crippen molar-refractivity contribution >= 4 is 45.1 Å². The summed E-state index contributed by atoms with van der Waals surface area (Å²) in [4.78, 5) is 12.6. The number of amides is 1. The van der Waals surface area contributed by atoms with Crippen molar-refractivity contribution in [1.82, 2.24) is 5.43 Å². The predicted octanol–water partition coefficient (Wildman–Crippen LogP) is 3.38. The summed E-state index contributed by atoms with van der Waals surface area (Å²) in [5.41, 5.74) is 4.55. The molecule has 1 amide bonds. The Morgan fingerprint density at radius 1 is 1.45 bits per heavy atom. The predicted molar refractivity (Wildman–Crippen MR) is 87.4 cm³/mol. The van der Waals surface area contributed by atoms with Crippen molar-refractivity contribution in [2.24, 2.45) is 5.10 Å². The molecule has 6 heteroatoms. The molecule has 20 heavy (non-hydrogen) atoms. The Morgan fingerprint density at radius 2 is 2.25 bits per heavy atom. The Kier molecular flexibility index (Phi) is 5.31. The van der Waals surface area contributed by atoms with E-state index < -0.39 is 0 Å². The molecule has 2 aromatic rings. The van der Waals surface area contributed by atoms with Gasteiger partial charge in [0.05, 0.1) is 12.8 Å². The fourth-order valence-electron chi connectivity index (χ4n) is 1.55. The summed E-state index contributed by atoms with van der Waals surface area (Å²) in [5.74, 6) is -0.180. The summed E-state index contributed by atoms with van der Waals surface area (Å²) in [6, 6.07) is 9.76. The standard InChI is InChI=1S/C14H14BrN3OS/c1-10-4-2-3-5-13(10)16-8-14(19)18-17-7-12-6-11(15)9-20-12/h2-7,9,16H,8H2,1H3,(H,18,19)/b17-7+. The van der Waals surface area contributed by atoms with E-state index in [2.05, 4.69) is 31.8 Å². The minimum atomic E-state index is -0.180. The van der Waals surface area contributed by atoms with E-state index in [4.69, 9.17) is 0 Å². The number of hydrogen-bond acceptors (Lipinski definition) is 4. The molecule has 0 saturated carbocycles. The summed E-state index contributed by atoms with van der Waals surface area (Å²) in [5, 5.41) is 8.95. The molecule has 0 radical (unpaired) electrons. The van der Waals surface area contributed by atoms with Crippen molar-refractivity contribution in [3.63, 3.8) is 0 Å². The number of anilines is 1. The summed E-state index contributed by atoms with van der Waals surface area (Å²) in [7, 11) is 0. The van der Waals surface area contributed by atoms with Crippen molar-refractivity contribution < 1.29 is 4.79 Å². The number of thiophene rings is 1. The topological polar surface area (TPSA) is 53.5 Å². The van der Waals surface area contributed by atoms with Crippen LogP contribution in [0.1, 0.15) is 10.4 Å². The van der Waals surface area contributed by atoms with Gasteiger partial charge in [-0.15, -0.1) is 11.3 Å². The number of halogens is 1. The molecule has 1 heterocycles. The fraction of sp³-hybridized carbons (Fsp3) is 0.143. The highest BCUT2D eigenvalue weighted by Gasteiger charge is 2.01. The van der Waals surface area contributed by atoms with Gasteiger partial charge >= 0.3 is 0 Å². The molecule has 1 aromatic carbocycles. The van der Waals surface area contributed by atoms with E-state index in [1.807, 2.05) is 42.6 Å². The van der Waals surface area contributed by atoms with Gasteiger partial charge in [0.1, 0.15) is 0 Å². The SMILES string of the molecule is Cc1ccccc1NCC(=O)N/N=C/c1cc(Br)cs1. The number of nitrogens with zero attached hydrogens (tertiary/aromatic N) is 1. The maximum atomic E-state index is 11.6. The van der Waals surface area contributed by atoms with Crippen LogP contribution in [0.4, 0.5) is 5.69 Å². The number of aryl methyl sites for hydroxylation is 1. The van der Waals surface area contributed by atoms with Crippen molar-refractivity contribution in [3.8, 4) is 0 Å². The maximum Gasteiger partial charge on any atom is 0.259 e. The molecule has 0 aliphatic carbocycles. The van der Waals surface area contributed by atoms with Gasteiger partial charge in [-0.2, -0.15) is 5.10 Å². The van der Waals surface area contributed by atoms with E-state index in [-0.39, 0.29) is 12.5 Å². The molecule has 1 aromatic heterocycles.